The summed E-state index contributed by atoms with van der Waals surface area (Å²) in [5.74, 6) is 0. The third-order valence-electron chi connectivity index (χ3n) is 1.74. The van der Waals surface area contributed by atoms with E-state index in [0.29, 0.717) is 6.54 Å². The summed E-state index contributed by atoms with van der Waals surface area (Å²) in [6, 6.07) is 5.77. The third-order valence-corrected chi connectivity index (χ3v) is 1.74. The minimum atomic E-state index is 0.513. The number of pyridine rings is 2. The average Bonchev–Trinajstić information content (AvgIpc) is 2.17. The molecule has 60 valence electrons. The van der Waals surface area contributed by atoms with Crippen LogP contribution in [0.2, 0.25) is 0 Å². The van der Waals surface area contributed by atoms with Crippen LogP contribution in [0.25, 0.3) is 11.0 Å². The predicted molar refractivity (Wildman–Crippen MR) is 47.4 cm³/mol. The molecule has 0 amide bonds. The molecule has 12 heavy (non-hydrogen) atoms. The zero-order valence-corrected chi connectivity index (χ0v) is 6.57. The van der Waals surface area contributed by atoms with Crippen molar-refractivity contribution in [2.24, 2.45) is 5.73 Å². The highest BCUT2D eigenvalue weighted by Gasteiger charge is 1.95. The Kier molecular flexibility index (Phi) is 1.72. The van der Waals surface area contributed by atoms with Crippen molar-refractivity contribution in [2.75, 3.05) is 0 Å². The van der Waals surface area contributed by atoms with Gasteiger partial charge in [-0.05, 0) is 23.8 Å². The van der Waals surface area contributed by atoms with Gasteiger partial charge in [0.2, 0.25) is 0 Å². The SMILES string of the molecule is NCc1cnc2cccnc2c1. The smallest absolute Gasteiger partial charge is 0.0889 e. The molecule has 2 N–H and O–H groups in total. The van der Waals surface area contributed by atoms with Crippen molar-refractivity contribution in [3.05, 3.63) is 36.2 Å². The highest BCUT2D eigenvalue weighted by atomic mass is 14.7. The summed E-state index contributed by atoms with van der Waals surface area (Å²) in [4.78, 5) is 8.38. The Morgan fingerprint density at radius 1 is 1.25 bits per heavy atom. The van der Waals surface area contributed by atoms with Crippen molar-refractivity contribution < 1.29 is 0 Å². The first-order valence-electron chi connectivity index (χ1n) is 3.80. The van der Waals surface area contributed by atoms with E-state index in [1.165, 1.54) is 0 Å². The van der Waals surface area contributed by atoms with Crippen LogP contribution < -0.4 is 5.73 Å². The summed E-state index contributed by atoms with van der Waals surface area (Å²) < 4.78 is 0. The van der Waals surface area contributed by atoms with E-state index >= 15 is 0 Å². The number of aromatic nitrogens is 2. The summed E-state index contributed by atoms with van der Waals surface area (Å²) in [5.41, 5.74) is 8.30. The highest BCUT2D eigenvalue weighted by molar-refractivity contribution is 5.73. The Morgan fingerprint density at radius 3 is 3.00 bits per heavy atom. The minimum absolute atomic E-state index is 0.513. The summed E-state index contributed by atoms with van der Waals surface area (Å²) in [7, 11) is 0. The zero-order chi connectivity index (χ0) is 8.39. The van der Waals surface area contributed by atoms with Crippen LogP contribution >= 0.6 is 0 Å². The number of fused-ring (bicyclic) bond motifs is 1. The summed E-state index contributed by atoms with van der Waals surface area (Å²) in [6.07, 6.45) is 3.54. The molecular formula is C9H9N3. The number of nitrogens with two attached hydrogens (primary N) is 1. The second-order valence-electron chi connectivity index (χ2n) is 2.59. The lowest BCUT2D eigenvalue weighted by atomic mass is 10.2. The zero-order valence-electron chi connectivity index (χ0n) is 6.57. The van der Waals surface area contributed by atoms with Gasteiger partial charge >= 0.3 is 0 Å². The number of rotatable bonds is 1. The fourth-order valence-electron chi connectivity index (χ4n) is 1.11. The van der Waals surface area contributed by atoms with E-state index in [2.05, 4.69) is 9.97 Å². The van der Waals surface area contributed by atoms with Crippen LogP contribution in [0.3, 0.4) is 0 Å². The molecule has 0 bridgehead atoms. The first-order chi connectivity index (χ1) is 5.90. The summed E-state index contributed by atoms with van der Waals surface area (Å²) in [5, 5.41) is 0. The lowest BCUT2D eigenvalue weighted by Crippen LogP contribution is -1.97. The van der Waals surface area contributed by atoms with Gasteiger partial charge in [0.1, 0.15) is 0 Å². The second kappa shape index (κ2) is 2.87. The first-order valence-corrected chi connectivity index (χ1v) is 3.80. The molecule has 0 unspecified atom stereocenters. The van der Waals surface area contributed by atoms with E-state index in [-0.39, 0.29) is 0 Å². The Labute approximate surface area is 70.3 Å². The maximum absolute atomic E-state index is 5.47. The van der Waals surface area contributed by atoms with Gasteiger partial charge in [0.05, 0.1) is 11.0 Å². The average molecular weight is 159 g/mol. The summed E-state index contributed by atoms with van der Waals surface area (Å²) in [6.45, 7) is 0.513. The molecule has 0 aliphatic rings. The van der Waals surface area contributed by atoms with Crippen LogP contribution in [0.4, 0.5) is 0 Å². The Balaban J connectivity index is 2.67. The molecule has 0 saturated heterocycles. The molecule has 0 atom stereocenters. The van der Waals surface area contributed by atoms with Gasteiger partial charge in [0.25, 0.3) is 0 Å². The van der Waals surface area contributed by atoms with Crippen molar-refractivity contribution in [2.45, 2.75) is 6.54 Å². The van der Waals surface area contributed by atoms with E-state index in [1.54, 1.807) is 12.4 Å². The highest BCUT2D eigenvalue weighted by Crippen LogP contribution is 2.08. The molecule has 0 fully saturated rings. The quantitative estimate of drug-likeness (QED) is 0.677. The monoisotopic (exact) mass is 159 g/mol. The normalized spacial score (nSPS) is 10.4. The van der Waals surface area contributed by atoms with Crippen molar-refractivity contribution in [3.63, 3.8) is 0 Å². The maximum Gasteiger partial charge on any atom is 0.0889 e. The molecule has 3 heteroatoms. The fraction of sp³-hybridized carbons (Fsp3) is 0.111. The molecule has 0 spiro atoms. The van der Waals surface area contributed by atoms with Crippen LogP contribution in [-0.4, -0.2) is 9.97 Å². The fourth-order valence-corrected chi connectivity index (χ4v) is 1.11. The van der Waals surface area contributed by atoms with E-state index in [9.17, 15) is 0 Å². The van der Waals surface area contributed by atoms with Crippen LogP contribution in [0.15, 0.2) is 30.6 Å². The van der Waals surface area contributed by atoms with Crippen LogP contribution in [-0.2, 0) is 6.54 Å². The molecule has 2 rings (SSSR count). The van der Waals surface area contributed by atoms with Gasteiger partial charge in [-0.1, -0.05) is 0 Å². The Hall–Kier alpha value is -1.48. The molecule has 0 aliphatic carbocycles. The van der Waals surface area contributed by atoms with Crippen LogP contribution in [0.5, 0.6) is 0 Å². The van der Waals surface area contributed by atoms with Gasteiger partial charge in [0, 0.05) is 18.9 Å². The van der Waals surface area contributed by atoms with E-state index < -0.39 is 0 Å². The molecule has 2 aromatic rings. The van der Waals surface area contributed by atoms with Gasteiger partial charge in [-0.3, -0.25) is 9.97 Å². The van der Waals surface area contributed by atoms with Crippen molar-refractivity contribution >= 4 is 11.0 Å². The molecule has 0 aliphatic heterocycles. The minimum Gasteiger partial charge on any atom is -0.326 e. The van der Waals surface area contributed by atoms with Crippen molar-refractivity contribution in [1.82, 2.24) is 9.97 Å². The van der Waals surface area contributed by atoms with Gasteiger partial charge in [-0.25, -0.2) is 0 Å². The van der Waals surface area contributed by atoms with Crippen LogP contribution in [0, 0.1) is 0 Å². The lowest BCUT2D eigenvalue weighted by Gasteiger charge is -1.97. The van der Waals surface area contributed by atoms with E-state index in [1.807, 2.05) is 18.2 Å². The van der Waals surface area contributed by atoms with Crippen molar-refractivity contribution in [3.8, 4) is 0 Å². The lowest BCUT2D eigenvalue weighted by molar-refractivity contribution is 1.06. The van der Waals surface area contributed by atoms with Crippen molar-refractivity contribution in [1.29, 1.82) is 0 Å². The third kappa shape index (κ3) is 1.14. The Morgan fingerprint density at radius 2 is 2.17 bits per heavy atom. The van der Waals surface area contributed by atoms with Gasteiger partial charge in [-0.2, -0.15) is 0 Å². The number of hydrogen-bond donors (Lipinski definition) is 1. The van der Waals surface area contributed by atoms with Crippen LogP contribution in [0.1, 0.15) is 5.56 Å². The van der Waals surface area contributed by atoms with Gasteiger partial charge in [-0.15, -0.1) is 0 Å². The van der Waals surface area contributed by atoms with Gasteiger partial charge < -0.3 is 5.73 Å². The standard InChI is InChI=1S/C9H9N3/c10-5-7-4-9-8(12-6-7)2-1-3-11-9/h1-4,6H,5,10H2. The molecule has 2 heterocycles. The second-order valence-corrected chi connectivity index (χ2v) is 2.59. The Bertz CT molecular complexity index is 398. The molecule has 3 nitrogen and oxygen atoms in total. The number of hydrogen-bond acceptors (Lipinski definition) is 3. The van der Waals surface area contributed by atoms with Gasteiger partial charge in [0.15, 0.2) is 0 Å². The molecule has 0 aromatic carbocycles. The first kappa shape index (κ1) is 7.18. The van der Waals surface area contributed by atoms with E-state index in [0.717, 1.165) is 16.6 Å². The summed E-state index contributed by atoms with van der Waals surface area (Å²) >= 11 is 0. The predicted octanol–water partition coefficient (Wildman–Crippen LogP) is 1.09. The van der Waals surface area contributed by atoms with E-state index in [4.69, 9.17) is 5.73 Å². The molecule has 0 saturated carbocycles. The molecule has 2 aromatic heterocycles. The largest absolute Gasteiger partial charge is 0.326 e. The maximum atomic E-state index is 5.47. The number of nitrogens with zero attached hydrogens (tertiary/aromatic N) is 2. The topological polar surface area (TPSA) is 51.8 Å². The molecular weight excluding hydrogens is 150 g/mol. The molecule has 0 radical (unpaired) electrons.